The van der Waals surface area contributed by atoms with Gasteiger partial charge in [0.2, 0.25) is 15.9 Å². The number of amides is 1. The molecule has 8 heteroatoms. The van der Waals surface area contributed by atoms with Gasteiger partial charge in [-0.3, -0.25) is 4.79 Å². The Balaban J connectivity index is 2.80. The summed E-state index contributed by atoms with van der Waals surface area (Å²) < 4.78 is 44.1. The summed E-state index contributed by atoms with van der Waals surface area (Å²) in [4.78, 5) is 11.5. The zero-order valence-electron chi connectivity index (χ0n) is 13.6. The number of nitrogens with zero attached hydrogens (tertiary/aromatic N) is 1. The van der Waals surface area contributed by atoms with Crippen molar-refractivity contribution in [2.75, 3.05) is 27.2 Å². The van der Waals surface area contributed by atoms with Crippen LogP contribution in [0.25, 0.3) is 0 Å². The lowest BCUT2D eigenvalue weighted by Crippen LogP contribution is -2.38. The fraction of sp³-hybridized carbons (Fsp3) is 0.533. The van der Waals surface area contributed by atoms with Gasteiger partial charge in [0.1, 0.15) is 16.5 Å². The molecule has 130 valence electrons. The summed E-state index contributed by atoms with van der Waals surface area (Å²) in [7, 11) is -1.46. The first-order valence-corrected chi connectivity index (χ1v) is 8.83. The number of methoxy groups -OCH3 is 1. The zero-order valence-corrected chi connectivity index (χ0v) is 14.5. The first-order valence-electron chi connectivity index (χ1n) is 7.39. The summed E-state index contributed by atoms with van der Waals surface area (Å²) >= 11 is 0. The molecule has 1 rings (SSSR count). The van der Waals surface area contributed by atoms with E-state index in [1.165, 1.54) is 20.2 Å². The number of likely N-dealkylation sites (N-methyl/N-ethyl adjacent to an activating group) is 1. The van der Waals surface area contributed by atoms with Crippen LogP contribution in [0.4, 0.5) is 4.39 Å². The van der Waals surface area contributed by atoms with Crippen molar-refractivity contribution in [3.63, 3.8) is 0 Å². The minimum atomic E-state index is -4.03. The molecule has 0 saturated carbocycles. The van der Waals surface area contributed by atoms with E-state index in [1.807, 2.05) is 0 Å². The number of benzene rings is 1. The molecule has 1 aromatic rings. The van der Waals surface area contributed by atoms with Crippen LogP contribution in [-0.4, -0.2) is 45.9 Å². The predicted molar refractivity (Wildman–Crippen MR) is 85.3 cm³/mol. The standard InChI is InChI=1S/C15H23FN2O4S/c1-4-5-6-9-17-15(19)11-18(2)23(20,21)14-10-12(16)7-8-13(14)22-3/h7-8,10H,4-6,9,11H2,1-3H3,(H,17,19). The topological polar surface area (TPSA) is 75.7 Å². The predicted octanol–water partition coefficient (Wildman–Crippen LogP) is 1.76. The molecule has 1 N–H and O–H groups in total. The SMILES string of the molecule is CCCCCNC(=O)CN(C)S(=O)(=O)c1cc(F)ccc1OC. The fourth-order valence-electron chi connectivity index (χ4n) is 1.97. The van der Waals surface area contributed by atoms with E-state index in [9.17, 15) is 17.6 Å². The maximum atomic E-state index is 13.4. The van der Waals surface area contributed by atoms with Crippen LogP contribution < -0.4 is 10.1 Å². The molecule has 0 atom stereocenters. The number of sulfonamides is 1. The molecule has 0 unspecified atom stereocenters. The molecule has 0 aliphatic rings. The lowest BCUT2D eigenvalue weighted by atomic mass is 10.2. The molecule has 0 spiro atoms. The van der Waals surface area contributed by atoms with E-state index in [-0.39, 0.29) is 17.2 Å². The van der Waals surface area contributed by atoms with E-state index >= 15 is 0 Å². The van der Waals surface area contributed by atoms with E-state index in [0.29, 0.717) is 6.54 Å². The normalized spacial score (nSPS) is 11.5. The molecule has 0 aliphatic heterocycles. The van der Waals surface area contributed by atoms with Gasteiger partial charge in [-0.2, -0.15) is 4.31 Å². The number of rotatable bonds is 9. The monoisotopic (exact) mass is 346 g/mol. The zero-order chi connectivity index (χ0) is 17.5. The molecule has 0 fully saturated rings. The molecule has 0 aliphatic carbocycles. The van der Waals surface area contributed by atoms with E-state index in [4.69, 9.17) is 4.74 Å². The first kappa shape index (κ1) is 19.4. The minimum absolute atomic E-state index is 0.0293. The number of carbonyl (C=O) groups excluding carboxylic acids is 1. The number of unbranched alkanes of at least 4 members (excludes halogenated alkanes) is 2. The van der Waals surface area contributed by atoms with Crippen LogP contribution in [0, 0.1) is 5.82 Å². The summed E-state index contributed by atoms with van der Waals surface area (Å²) in [6.45, 7) is 2.21. The largest absolute Gasteiger partial charge is 0.495 e. The second kappa shape index (κ2) is 8.83. The molecule has 23 heavy (non-hydrogen) atoms. The third kappa shape index (κ3) is 5.47. The highest BCUT2D eigenvalue weighted by Crippen LogP contribution is 2.26. The van der Waals surface area contributed by atoms with Gasteiger partial charge in [-0.1, -0.05) is 19.8 Å². The molecule has 1 amide bonds. The molecule has 0 saturated heterocycles. The van der Waals surface area contributed by atoms with Gasteiger partial charge in [0.05, 0.1) is 13.7 Å². The van der Waals surface area contributed by atoms with Crippen molar-refractivity contribution < 1.29 is 22.3 Å². The van der Waals surface area contributed by atoms with Gasteiger partial charge in [-0.15, -0.1) is 0 Å². The maximum absolute atomic E-state index is 13.4. The van der Waals surface area contributed by atoms with Gasteiger partial charge in [0, 0.05) is 13.6 Å². The highest BCUT2D eigenvalue weighted by Gasteiger charge is 2.26. The Morgan fingerprint density at radius 3 is 2.65 bits per heavy atom. The van der Waals surface area contributed by atoms with Crippen LogP contribution >= 0.6 is 0 Å². The second-order valence-electron chi connectivity index (χ2n) is 5.11. The number of halogens is 1. The van der Waals surface area contributed by atoms with Crippen LogP contribution in [0.5, 0.6) is 5.75 Å². The smallest absolute Gasteiger partial charge is 0.247 e. The van der Waals surface area contributed by atoms with E-state index in [2.05, 4.69) is 12.2 Å². The molecular weight excluding hydrogens is 323 g/mol. The molecular formula is C15H23FN2O4S. The van der Waals surface area contributed by atoms with Crippen molar-refractivity contribution >= 4 is 15.9 Å². The number of ether oxygens (including phenoxy) is 1. The summed E-state index contributed by atoms with van der Waals surface area (Å²) in [5.74, 6) is -1.06. The Bertz CT molecular complexity index is 634. The minimum Gasteiger partial charge on any atom is -0.495 e. The Morgan fingerprint density at radius 1 is 1.35 bits per heavy atom. The van der Waals surface area contributed by atoms with Gasteiger partial charge >= 0.3 is 0 Å². The van der Waals surface area contributed by atoms with Crippen LogP contribution in [0.3, 0.4) is 0 Å². The molecule has 0 radical (unpaired) electrons. The molecule has 0 bridgehead atoms. The maximum Gasteiger partial charge on any atom is 0.247 e. The molecule has 6 nitrogen and oxygen atoms in total. The Morgan fingerprint density at radius 2 is 2.04 bits per heavy atom. The third-order valence-corrected chi connectivity index (χ3v) is 5.11. The molecule has 1 aromatic carbocycles. The first-order chi connectivity index (χ1) is 10.8. The summed E-state index contributed by atoms with van der Waals surface area (Å²) in [5.41, 5.74) is 0. The van der Waals surface area contributed by atoms with Crippen molar-refractivity contribution in [2.45, 2.75) is 31.1 Å². The Kier molecular flexibility index (Phi) is 7.44. The number of hydrogen-bond donors (Lipinski definition) is 1. The van der Waals surface area contributed by atoms with Gasteiger partial charge < -0.3 is 10.1 Å². The van der Waals surface area contributed by atoms with Gasteiger partial charge in [0.15, 0.2) is 0 Å². The van der Waals surface area contributed by atoms with Crippen molar-refractivity contribution in [3.8, 4) is 5.75 Å². The second-order valence-corrected chi connectivity index (χ2v) is 7.13. The van der Waals surface area contributed by atoms with Crippen LogP contribution in [0.15, 0.2) is 23.1 Å². The van der Waals surface area contributed by atoms with E-state index < -0.39 is 21.7 Å². The highest BCUT2D eigenvalue weighted by atomic mass is 32.2. The average molecular weight is 346 g/mol. The Hall–Kier alpha value is -1.67. The van der Waals surface area contributed by atoms with Crippen LogP contribution in [0.2, 0.25) is 0 Å². The molecule has 0 heterocycles. The van der Waals surface area contributed by atoms with Crippen LogP contribution in [0.1, 0.15) is 26.2 Å². The van der Waals surface area contributed by atoms with Gasteiger partial charge in [0.25, 0.3) is 0 Å². The van der Waals surface area contributed by atoms with Crippen molar-refractivity contribution in [1.29, 1.82) is 0 Å². The number of carbonyl (C=O) groups is 1. The third-order valence-electron chi connectivity index (χ3n) is 3.28. The van der Waals surface area contributed by atoms with Crippen molar-refractivity contribution in [3.05, 3.63) is 24.0 Å². The Labute approximate surface area is 136 Å². The van der Waals surface area contributed by atoms with Crippen molar-refractivity contribution in [2.24, 2.45) is 0 Å². The summed E-state index contributed by atoms with van der Waals surface area (Å²) in [5, 5.41) is 2.66. The highest BCUT2D eigenvalue weighted by molar-refractivity contribution is 7.89. The van der Waals surface area contributed by atoms with Crippen molar-refractivity contribution in [1.82, 2.24) is 9.62 Å². The van der Waals surface area contributed by atoms with Gasteiger partial charge in [-0.25, -0.2) is 12.8 Å². The lowest BCUT2D eigenvalue weighted by molar-refractivity contribution is -0.121. The van der Waals surface area contributed by atoms with Gasteiger partial charge in [-0.05, 0) is 24.6 Å². The van der Waals surface area contributed by atoms with Crippen LogP contribution in [-0.2, 0) is 14.8 Å². The number of hydrogen-bond acceptors (Lipinski definition) is 4. The van der Waals surface area contributed by atoms with E-state index in [0.717, 1.165) is 35.7 Å². The lowest BCUT2D eigenvalue weighted by Gasteiger charge is -2.18. The quantitative estimate of drug-likeness (QED) is 0.691. The summed E-state index contributed by atoms with van der Waals surface area (Å²) in [6.07, 6.45) is 2.87. The average Bonchev–Trinajstić information content (AvgIpc) is 2.51. The van der Waals surface area contributed by atoms with E-state index in [1.54, 1.807) is 0 Å². The summed E-state index contributed by atoms with van der Waals surface area (Å²) in [6, 6.07) is 3.23. The fourth-order valence-corrected chi connectivity index (χ4v) is 3.26. The number of nitrogens with one attached hydrogen (secondary N) is 1. The molecule has 0 aromatic heterocycles.